The molecule has 0 spiro atoms. The van der Waals surface area contributed by atoms with Crippen molar-refractivity contribution in [3.05, 3.63) is 11.6 Å². The summed E-state index contributed by atoms with van der Waals surface area (Å²) in [5.41, 5.74) is 0.829. The van der Waals surface area contributed by atoms with Crippen LogP contribution in [0.4, 0.5) is 0 Å². The maximum absolute atomic E-state index is 11.5. The van der Waals surface area contributed by atoms with Gasteiger partial charge in [0.25, 0.3) is 0 Å². The minimum absolute atomic E-state index is 0.00343. The highest BCUT2D eigenvalue weighted by molar-refractivity contribution is 6.11. The topological polar surface area (TPSA) is 34.1 Å². The maximum atomic E-state index is 11.5. The van der Waals surface area contributed by atoms with Crippen LogP contribution in [0.2, 0.25) is 0 Å². The lowest BCUT2D eigenvalue weighted by Gasteiger charge is -1.99. The highest BCUT2D eigenvalue weighted by atomic mass is 16.1. The summed E-state index contributed by atoms with van der Waals surface area (Å²) in [5, 5.41) is 0. The van der Waals surface area contributed by atoms with E-state index in [9.17, 15) is 9.59 Å². The molecule has 0 radical (unpaired) electrons. The number of allylic oxidation sites excluding steroid dienone is 2. The van der Waals surface area contributed by atoms with Crippen LogP contribution in [0.3, 0.4) is 0 Å². The summed E-state index contributed by atoms with van der Waals surface area (Å²) >= 11 is 0. The molecule has 2 atom stereocenters. The molecule has 0 aromatic heterocycles. The van der Waals surface area contributed by atoms with Crippen molar-refractivity contribution in [2.45, 2.75) is 27.2 Å². The summed E-state index contributed by atoms with van der Waals surface area (Å²) in [6, 6.07) is 0. The molecule has 0 heterocycles. The monoisotopic (exact) mass is 166 g/mol. The minimum Gasteiger partial charge on any atom is -0.299 e. The molecule has 0 aromatic carbocycles. The lowest BCUT2D eigenvalue weighted by Crippen LogP contribution is -2.15. The normalized spacial score (nSPS) is 32.9. The molecule has 2 nitrogen and oxygen atoms in total. The van der Waals surface area contributed by atoms with E-state index in [1.54, 1.807) is 0 Å². The number of hydrogen-bond acceptors (Lipinski definition) is 2. The first kappa shape index (κ1) is 9.17. The first-order valence-electron chi connectivity index (χ1n) is 4.28. The van der Waals surface area contributed by atoms with Crippen molar-refractivity contribution in [3.8, 4) is 0 Å². The van der Waals surface area contributed by atoms with Crippen molar-refractivity contribution in [2.75, 3.05) is 0 Å². The van der Waals surface area contributed by atoms with Gasteiger partial charge in [0, 0.05) is 0 Å². The van der Waals surface area contributed by atoms with Crippen molar-refractivity contribution in [1.82, 2.24) is 0 Å². The molecular formula is C10H14O2. The van der Waals surface area contributed by atoms with E-state index in [0.717, 1.165) is 5.57 Å². The molecule has 2 unspecified atom stereocenters. The van der Waals surface area contributed by atoms with E-state index in [-0.39, 0.29) is 23.4 Å². The van der Waals surface area contributed by atoms with Gasteiger partial charge >= 0.3 is 0 Å². The molecule has 0 amide bonds. The molecule has 1 fully saturated rings. The van der Waals surface area contributed by atoms with Crippen LogP contribution >= 0.6 is 0 Å². The summed E-state index contributed by atoms with van der Waals surface area (Å²) in [7, 11) is 0. The third-order valence-electron chi connectivity index (χ3n) is 2.52. The average Bonchev–Trinajstić information content (AvgIpc) is 2.27. The van der Waals surface area contributed by atoms with Crippen LogP contribution < -0.4 is 0 Å². The molecule has 2 heteroatoms. The first-order valence-corrected chi connectivity index (χ1v) is 4.28. The molecular weight excluding hydrogens is 152 g/mol. The fourth-order valence-electron chi connectivity index (χ4n) is 1.81. The quantitative estimate of drug-likeness (QED) is 0.439. The average molecular weight is 166 g/mol. The van der Waals surface area contributed by atoms with E-state index in [1.165, 1.54) is 6.92 Å². The van der Waals surface area contributed by atoms with Crippen LogP contribution in [-0.2, 0) is 9.59 Å². The number of Topliss-reactive ketones (excluding diaryl/α,β-unsaturated/α-hetero) is 2. The van der Waals surface area contributed by atoms with Gasteiger partial charge in [0.2, 0.25) is 0 Å². The summed E-state index contributed by atoms with van der Waals surface area (Å²) in [6.45, 7) is 5.34. The molecule has 0 saturated heterocycles. The molecule has 0 aromatic rings. The molecule has 0 N–H and O–H groups in total. The Hall–Kier alpha value is -0.920. The number of carbonyl (C=O) groups excluding carboxylic acids is 2. The molecule has 66 valence electrons. The van der Waals surface area contributed by atoms with E-state index in [0.29, 0.717) is 6.42 Å². The molecule has 1 aliphatic carbocycles. The SMILES string of the molecule is C/C=C1/C(=O)C(C(C)=O)CC1C. The van der Waals surface area contributed by atoms with Crippen LogP contribution in [0.5, 0.6) is 0 Å². The van der Waals surface area contributed by atoms with Crippen LogP contribution in [0.25, 0.3) is 0 Å². The van der Waals surface area contributed by atoms with Gasteiger partial charge in [-0.2, -0.15) is 0 Å². The number of rotatable bonds is 1. The van der Waals surface area contributed by atoms with Crippen molar-refractivity contribution in [3.63, 3.8) is 0 Å². The Balaban J connectivity index is 2.90. The lowest BCUT2D eigenvalue weighted by molar-refractivity contribution is -0.128. The zero-order valence-electron chi connectivity index (χ0n) is 7.76. The van der Waals surface area contributed by atoms with Gasteiger partial charge < -0.3 is 0 Å². The Bertz CT molecular complexity index is 251. The summed E-state index contributed by atoms with van der Waals surface area (Å²) in [6.07, 6.45) is 2.53. The zero-order valence-corrected chi connectivity index (χ0v) is 7.76. The molecule has 1 saturated carbocycles. The Morgan fingerprint density at radius 1 is 1.58 bits per heavy atom. The van der Waals surface area contributed by atoms with Crippen molar-refractivity contribution in [2.24, 2.45) is 11.8 Å². The predicted molar refractivity (Wildman–Crippen MR) is 46.7 cm³/mol. The Morgan fingerprint density at radius 3 is 2.42 bits per heavy atom. The number of hydrogen-bond donors (Lipinski definition) is 0. The number of ketones is 2. The molecule has 1 rings (SSSR count). The van der Waals surface area contributed by atoms with E-state index >= 15 is 0 Å². The fraction of sp³-hybridized carbons (Fsp3) is 0.600. The van der Waals surface area contributed by atoms with Gasteiger partial charge in [0.05, 0.1) is 5.92 Å². The van der Waals surface area contributed by atoms with Crippen LogP contribution in [0.1, 0.15) is 27.2 Å². The maximum Gasteiger partial charge on any atom is 0.169 e. The van der Waals surface area contributed by atoms with Gasteiger partial charge in [-0.15, -0.1) is 0 Å². The third kappa shape index (κ3) is 1.33. The zero-order chi connectivity index (χ0) is 9.30. The third-order valence-corrected chi connectivity index (χ3v) is 2.52. The van der Waals surface area contributed by atoms with Gasteiger partial charge in [-0.05, 0) is 31.8 Å². The standard InChI is InChI=1S/C10H14O2/c1-4-8-6(2)5-9(7(3)11)10(8)12/h4,6,9H,5H2,1-3H3/b8-4+. The van der Waals surface area contributed by atoms with E-state index in [4.69, 9.17) is 0 Å². The predicted octanol–water partition coefficient (Wildman–Crippen LogP) is 1.75. The van der Waals surface area contributed by atoms with Gasteiger partial charge in [0.1, 0.15) is 5.78 Å². The van der Waals surface area contributed by atoms with Crippen molar-refractivity contribution < 1.29 is 9.59 Å². The van der Waals surface area contributed by atoms with Crippen molar-refractivity contribution in [1.29, 1.82) is 0 Å². The molecule has 0 aliphatic heterocycles. The second-order valence-corrected chi connectivity index (χ2v) is 3.41. The Morgan fingerprint density at radius 2 is 2.17 bits per heavy atom. The van der Waals surface area contributed by atoms with Crippen LogP contribution in [0.15, 0.2) is 11.6 Å². The van der Waals surface area contributed by atoms with E-state index in [2.05, 4.69) is 0 Å². The van der Waals surface area contributed by atoms with Gasteiger partial charge in [-0.3, -0.25) is 9.59 Å². The Labute approximate surface area is 72.7 Å². The highest BCUT2D eigenvalue weighted by Crippen LogP contribution is 2.32. The largest absolute Gasteiger partial charge is 0.299 e. The van der Waals surface area contributed by atoms with Gasteiger partial charge in [-0.1, -0.05) is 13.0 Å². The summed E-state index contributed by atoms with van der Waals surface area (Å²) in [4.78, 5) is 22.5. The minimum atomic E-state index is -0.355. The van der Waals surface area contributed by atoms with E-state index in [1.807, 2.05) is 19.9 Å². The molecule has 12 heavy (non-hydrogen) atoms. The second kappa shape index (κ2) is 3.21. The van der Waals surface area contributed by atoms with Crippen LogP contribution in [-0.4, -0.2) is 11.6 Å². The fourth-order valence-corrected chi connectivity index (χ4v) is 1.81. The van der Waals surface area contributed by atoms with Crippen molar-refractivity contribution >= 4 is 11.6 Å². The smallest absolute Gasteiger partial charge is 0.169 e. The molecule has 0 bridgehead atoms. The first-order chi connectivity index (χ1) is 5.57. The summed E-state index contributed by atoms with van der Waals surface area (Å²) < 4.78 is 0. The van der Waals surface area contributed by atoms with Gasteiger partial charge in [0.15, 0.2) is 5.78 Å². The number of carbonyl (C=O) groups is 2. The van der Waals surface area contributed by atoms with Crippen LogP contribution in [0, 0.1) is 11.8 Å². The highest BCUT2D eigenvalue weighted by Gasteiger charge is 2.36. The lowest BCUT2D eigenvalue weighted by atomic mass is 10.0. The second-order valence-electron chi connectivity index (χ2n) is 3.41. The molecule has 1 aliphatic rings. The van der Waals surface area contributed by atoms with E-state index < -0.39 is 0 Å². The Kier molecular flexibility index (Phi) is 2.46. The summed E-state index contributed by atoms with van der Waals surface area (Å²) in [5.74, 6) is -0.0520. The van der Waals surface area contributed by atoms with Gasteiger partial charge in [-0.25, -0.2) is 0 Å².